The van der Waals surface area contributed by atoms with E-state index in [0.29, 0.717) is 12.8 Å². The molecule has 0 saturated carbocycles. The van der Waals surface area contributed by atoms with Gasteiger partial charge in [-0.1, -0.05) is 65.2 Å². The second kappa shape index (κ2) is 17.0. The highest BCUT2D eigenvalue weighted by atomic mass is 19.1. The molecule has 152 valence electrons. The molecule has 0 fully saturated rings. The summed E-state index contributed by atoms with van der Waals surface area (Å²) in [6, 6.07) is 0. The maximum Gasteiger partial charge on any atom is 0.333 e. The Bertz CT molecular complexity index is 363. The number of esters is 2. The van der Waals surface area contributed by atoms with Gasteiger partial charge in [-0.15, -0.1) is 0 Å². The lowest BCUT2D eigenvalue weighted by Crippen LogP contribution is -2.14. The summed E-state index contributed by atoms with van der Waals surface area (Å²) in [6.07, 6.45) is 7.98. The molecule has 0 radical (unpaired) electrons. The summed E-state index contributed by atoms with van der Waals surface area (Å²) in [7, 11) is 0. The predicted octanol–water partition coefficient (Wildman–Crippen LogP) is 5.94. The van der Waals surface area contributed by atoms with Gasteiger partial charge in [-0.05, 0) is 12.8 Å². The largest absolute Gasteiger partial charge is 0.428 e. The SMILES string of the molecule is CCCCCCCC(F)OC(=O)/C=C\C(=O)OC(F)CCCCCCC. The van der Waals surface area contributed by atoms with Gasteiger partial charge in [-0.25, -0.2) is 18.4 Å². The normalized spacial score (nSPS) is 13.5. The molecular formula is C20H34F2O4. The first-order chi connectivity index (χ1) is 12.5. The number of rotatable bonds is 16. The topological polar surface area (TPSA) is 52.6 Å². The van der Waals surface area contributed by atoms with Gasteiger partial charge in [0.1, 0.15) is 0 Å². The fraction of sp³-hybridized carbons (Fsp3) is 0.800. The van der Waals surface area contributed by atoms with Crippen molar-refractivity contribution in [3.05, 3.63) is 12.2 Å². The average molecular weight is 376 g/mol. The van der Waals surface area contributed by atoms with Gasteiger partial charge in [0.05, 0.1) is 0 Å². The van der Waals surface area contributed by atoms with Gasteiger partial charge >= 0.3 is 11.9 Å². The van der Waals surface area contributed by atoms with E-state index in [1.807, 2.05) is 0 Å². The van der Waals surface area contributed by atoms with E-state index in [1.165, 1.54) is 0 Å². The Balaban J connectivity index is 3.84. The van der Waals surface area contributed by atoms with Crippen molar-refractivity contribution in [1.82, 2.24) is 0 Å². The fourth-order valence-corrected chi connectivity index (χ4v) is 2.40. The van der Waals surface area contributed by atoms with Crippen LogP contribution in [0.3, 0.4) is 0 Å². The van der Waals surface area contributed by atoms with E-state index in [1.54, 1.807) is 0 Å². The number of hydrogen-bond acceptors (Lipinski definition) is 4. The Hall–Kier alpha value is -1.46. The third-order valence-electron chi connectivity index (χ3n) is 3.91. The number of hydrogen-bond donors (Lipinski definition) is 0. The maximum absolute atomic E-state index is 13.5. The van der Waals surface area contributed by atoms with E-state index >= 15 is 0 Å². The van der Waals surface area contributed by atoms with Crippen LogP contribution < -0.4 is 0 Å². The smallest absolute Gasteiger partial charge is 0.333 e. The molecule has 4 nitrogen and oxygen atoms in total. The van der Waals surface area contributed by atoms with Crippen molar-refractivity contribution in [1.29, 1.82) is 0 Å². The Kier molecular flexibility index (Phi) is 16.0. The summed E-state index contributed by atoms with van der Waals surface area (Å²) in [5.41, 5.74) is 0. The highest BCUT2D eigenvalue weighted by Crippen LogP contribution is 2.12. The summed E-state index contributed by atoms with van der Waals surface area (Å²) in [6.45, 7) is 4.19. The van der Waals surface area contributed by atoms with Crippen LogP contribution in [0.25, 0.3) is 0 Å². The molecule has 0 rings (SSSR count). The van der Waals surface area contributed by atoms with E-state index in [0.717, 1.165) is 63.5 Å². The summed E-state index contributed by atoms with van der Waals surface area (Å²) in [4.78, 5) is 22.8. The average Bonchev–Trinajstić information content (AvgIpc) is 2.59. The Labute approximate surface area is 156 Å². The van der Waals surface area contributed by atoms with Crippen molar-refractivity contribution < 1.29 is 27.8 Å². The van der Waals surface area contributed by atoms with Crippen LogP contribution in [0.15, 0.2) is 12.2 Å². The summed E-state index contributed by atoms with van der Waals surface area (Å²) in [5.74, 6) is -1.95. The van der Waals surface area contributed by atoms with Crippen LogP contribution in [0, 0.1) is 0 Å². The molecule has 2 atom stereocenters. The van der Waals surface area contributed by atoms with Crippen LogP contribution in [0.2, 0.25) is 0 Å². The third kappa shape index (κ3) is 16.0. The minimum absolute atomic E-state index is 0.137. The van der Waals surface area contributed by atoms with Crippen LogP contribution in [0.4, 0.5) is 8.78 Å². The van der Waals surface area contributed by atoms with Crippen molar-refractivity contribution in [3.63, 3.8) is 0 Å². The quantitative estimate of drug-likeness (QED) is 0.190. The van der Waals surface area contributed by atoms with Crippen LogP contribution in [0.5, 0.6) is 0 Å². The zero-order valence-electron chi connectivity index (χ0n) is 16.2. The highest BCUT2D eigenvalue weighted by molar-refractivity contribution is 5.91. The predicted molar refractivity (Wildman–Crippen MR) is 97.9 cm³/mol. The standard InChI is InChI=1S/C20H34F2O4/c1-3-5-7-9-11-13-17(21)25-19(23)15-16-20(24)26-18(22)14-12-10-8-6-4-2/h15-18H,3-14H2,1-2H3/b16-15-. The molecule has 0 aromatic rings. The Morgan fingerprint density at radius 1 is 0.692 bits per heavy atom. The van der Waals surface area contributed by atoms with Crippen molar-refractivity contribution in [2.24, 2.45) is 0 Å². The summed E-state index contributed by atoms with van der Waals surface area (Å²) < 4.78 is 36.0. The lowest BCUT2D eigenvalue weighted by molar-refractivity contribution is -0.155. The number of halogens is 2. The maximum atomic E-state index is 13.5. The minimum atomic E-state index is -1.69. The van der Waals surface area contributed by atoms with Crippen molar-refractivity contribution in [2.45, 2.75) is 104 Å². The molecule has 0 heterocycles. The zero-order chi connectivity index (χ0) is 19.6. The van der Waals surface area contributed by atoms with Crippen molar-refractivity contribution >= 4 is 11.9 Å². The van der Waals surface area contributed by atoms with Gasteiger partial charge in [-0.3, -0.25) is 0 Å². The van der Waals surface area contributed by atoms with Crippen LogP contribution in [0.1, 0.15) is 90.9 Å². The zero-order valence-corrected chi connectivity index (χ0v) is 16.2. The minimum Gasteiger partial charge on any atom is -0.428 e. The molecule has 0 saturated heterocycles. The molecule has 26 heavy (non-hydrogen) atoms. The second-order valence-electron chi connectivity index (χ2n) is 6.43. The van der Waals surface area contributed by atoms with E-state index in [-0.39, 0.29) is 12.8 Å². The first-order valence-electron chi connectivity index (χ1n) is 9.87. The first-order valence-corrected chi connectivity index (χ1v) is 9.87. The molecule has 6 heteroatoms. The monoisotopic (exact) mass is 376 g/mol. The molecule has 0 amide bonds. The Morgan fingerprint density at radius 3 is 1.38 bits per heavy atom. The van der Waals surface area contributed by atoms with Crippen molar-refractivity contribution in [2.75, 3.05) is 0 Å². The first kappa shape index (κ1) is 24.5. The highest BCUT2D eigenvalue weighted by Gasteiger charge is 2.13. The van der Waals surface area contributed by atoms with E-state index < -0.39 is 24.7 Å². The molecule has 0 aromatic carbocycles. The van der Waals surface area contributed by atoms with E-state index in [9.17, 15) is 18.4 Å². The molecule has 0 bridgehead atoms. The number of carbonyl (C=O) groups is 2. The third-order valence-corrected chi connectivity index (χ3v) is 3.91. The van der Waals surface area contributed by atoms with E-state index in [4.69, 9.17) is 0 Å². The molecule has 2 unspecified atom stereocenters. The molecule has 0 N–H and O–H groups in total. The van der Waals surface area contributed by atoms with Gasteiger partial charge in [0, 0.05) is 25.0 Å². The second-order valence-corrected chi connectivity index (χ2v) is 6.43. The molecular weight excluding hydrogens is 342 g/mol. The lowest BCUT2D eigenvalue weighted by atomic mass is 10.1. The Morgan fingerprint density at radius 2 is 1.04 bits per heavy atom. The van der Waals surface area contributed by atoms with Gasteiger partial charge in [0.15, 0.2) is 0 Å². The molecule has 0 spiro atoms. The number of unbranched alkanes of at least 4 members (excludes halogenated alkanes) is 8. The molecule has 0 aromatic heterocycles. The van der Waals surface area contributed by atoms with E-state index in [2.05, 4.69) is 23.3 Å². The van der Waals surface area contributed by atoms with Crippen LogP contribution in [-0.4, -0.2) is 24.7 Å². The van der Waals surface area contributed by atoms with Crippen LogP contribution >= 0.6 is 0 Å². The van der Waals surface area contributed by atoms with Gasteiger partial charge in [-0.2, -0.15) is 0 Å². The summed E-state index contributed by atoms with van der Waals surface area (Å²) in [5, 5.41) is 0. The molecule has 0 aliphatic heterocycles. The molecule has 0 aliphatic carbocycles. The van der Waals surface area contributed by atoms with Crippen molar-refractivity contribution in [3.8, 4) is 0 Å². The fourth-order valence-electron chi connectivity index (χ4n) is 2.40. The summed E-state index contributed by atoms with van der Waals surface area (Å²) >= 11 is 0. The van der Waals surface area contributed by atoms with Gasteiger partial charge in [0.25, 0.3) is 0 Å². The number of ether oxygens (including phenoxy) is 2. The number of carbonyl (C=O) groups excluding carboxylic acids is 2. The lowest BCUT2D eigenvalue weighted by Gasteiger charge is -2.09. The van der Waals surface area contributed by atoms with Gasteiger partial charge in [0.2, 0.25) is 12.7 Å². The van der Waals surface area contributed by atoms with Gasteiger partial charge < -0.3 is 9.47 Å². The number of alkyl halides is 2. The van der Waals surface area contributed by atoms with Crippen LogP contribution in [-0.2, 0) is 19.1 Å². The molecule has 0 aliphatic rings.